The van der Waals surface area contributed by atoms with Crippen LogP contribution in [0.3, 0.4) is 0 Å². The summed E-state index contributed by atoms with van der Waals surface area (Å²) in [6.07, 6.45) is 6.39. The van der Waals surface area contributed by atoms with Gasteiger partial charge in [0.15, 0.2) is 0 Å². The number of hydrogen-bond donors (Lipinski definition) is 0. The molecule has 1 fully saturated rings. The van der Waals surface area contributed by atoms with Gasteiger partial charge in [-0.05, 0) is 66.2 Å². The van der Waals surface area contributed by atoms with Gasteiger partial charge in [0.05, 0.1) is 5.38 Å². The third kappa shape index (κ3) is 2.62. The normalized spacial score (nSPS) is 25.2. The molecule has 0 spiro atoms. The van der Waals surface area contributed by atoms with Crippen molar-refractivity contribution in [1.29, 1.82) is 0 Å². The van der Waals surface area contributed by atoms with E-state index in [0.29, 0.717) is 11.8 Å². The predicted octanol–water partition coefficient (Wildman–Crippen LogP) is 5.65. The maximum atomic E-state index is 6.79. The number of alkyl halides is 1. The minimum Gasteiger partial charge on any atom is -0.117 e. The summed E-state index contributed by atoms with van der Waals surface area (Å²) >= 11 is 6.79. The summed E-state index contributed by atoms with van der Waals surface area (Å²) in [5.74, 6) is 1.26. The number of rotatable bonds is 3. The van der Waals surface area contributed by atoms with Gasteiger partial charge in [0.1, 0.15) is 0 Å². The van der Waals surface area contributed by atoms with Crippen LogP contribution in [0, 0.1) is 5.92 Å². The highest BCUT2D eigenvalue weighted by Gasteiger charge is 2.43. The average Bonchev–Trinajstić information content (AvgIpc) is 3.35. The summed E-state index contributed by atoms with van der Waals surface area (Å²) in [6, 6.07) is 17.8. The monoisotopic (exact) mass is 296 g/mol. The van der Waals surface area contributed by atoms with E-state index in [1.54, 1.807) is 11.1 Å². The molecule has 4 rings (SSSR count). The molecule has 2 aliphatic rings. The van der Waals surface area contributed by atoms with Crippen molar-refractivity contribution in [2.45, 2.75) is 43.4 Å². The van der Waals surface area contributed by atoms with E-state index in [2.05, 4.69) is 48.5 Å². The number of fused-ring (bicyclic) bond motifs is 1. The van der Waals surface area contributed by atoms with Gasteiger partial charge >= 0.3 is 0 Å². The lowest BCUT2D eigenvalue weighted by Gasteiger charge is -2.18. The van der Waals surface area contributed by atoms with Crippen LogP contribution in [0.2, 0.25) is 0 Å². The molecule has 0 N–H and O–H groups in total. The highest BCUT2D eigenvalue weighted by molar-refractivity contribution is 6.21. The molecule has 0 aliphatic heterocycles. The first-order chi connectivity index (χ1) is 10.3. The molecule has 3 unspecified atom stereocenters. The topological polar surface area (TPSA) is 0 Å². The number of halogens is 1. The molecular formula is C20H21Cl. The van der Waals surface area contributed by atoms with E-state index in [1.165, 1.54) is 43.2 Å². The summed E-state index contributed by atoms with van der Waals surface area (Å²) in [4.78, 5) is 0. The molecule has 1 saturated carbocycles. The third-order valence-corrected chi connectivity index (χ3v) is 5.71. The molecule has 3 atom stereocenters. The van der Waals surface area contributed by atoms with Gasteiger partial charge in [-0.15, -0.1) is 11.6 Å². The highest BCUT2D eigenvalue weighted by atomic mass is 35.5. The Hall–Kier alpha value is -1.27. The Balaban J connectivity index is 1.52. The van der Waals surface area contributed by atoms with Gasteiger partial charge in [0, 0.05) is 0 Å². The molecule has 0 aromatic heterocycles. The molecule has 2 aromatic rings. The zero-order valence-corrected chi connectivity index (χ0v) is 13.0. The number of hydrogen-bond acceptors (Lipinski definition) is 0. The molecule has 0 saturated heterocycles. The van der Waals surface area contributed by atoms with Gasteiger partial charge in [-0.25, -0.2) is 0 Å². The van der Waals surface area contributed by atoms with Crippen molar-refractivity contribution in [2.75, 3.05) is 0 Å². The van der Waals surface area contributed by atoms with E-state index < -0.39 is 0 Å². The van der Waals surface area contributed by atoms with E-state index in [4.69, 9.17) is 11.6 Å². The van der Waals surface area contributed by atoms with Gasteiger partial charge in [-0.2, -0.15) is 0 Å². The first-order valence-electron chi connectivity index (χ1n) is 8.13. The summed E-state index contributed by atoms with van der Waals surface area (Å²) in [6.45, 7) is 0. The summed E-state index contributed by atoms with van der Waals surface area (Å²) in [5, 5.41) is 0.169. The first kappa shape index (κ1) is 13.4. The maximum absolute atomic E-state index is 6.79. The number of benzene rings is 2. The lowest BCUT2D eigenvalue weighted by atomic mass is 9.89. The van der Waals surface area contributed by atoms with Crippen molar-refractivity contribution in [3.05, 3.63) is 70.8 Å². The van der Waals surface area contributed by atoms with Crippen LogP contribution in [0.4, 0.5) is 0 Å². The van der Waals surface area contributed by atoms with Crippen molar-refractivity contribution in [3.8, 4) is 0 Å². The lowest BCUT2D eigenvalue weighted by molar-refractivity contribution is 0.681. The van der Waals surface area contributed by atoms with Gasteiger partial charge < -0.3 is 0 Å². The van der Waals surface area contributed by atoms with E-state index in [9.17, 15) is 0 Å². The van der Waals surface area contributed by atoms with Crippen molar-refractivity contribution < 1.29 is 0 Å². The molecule has 1 heteroatoms. The fourth-order valence-corrected chi connectivity index (χ4v) is 4.21. The Morgan fingerprint density at radius 1 is 0.905 bits per heavy atom. The second kappa shape index (κ2) is 5.50. The second-order valence-corrected chi connectivity index (χ2v) is 7.02. The van der Waals surface area contributed by atoms with Crippen molar-refractivity contribution in [2.24, 2.45) is 5.92 Å². The number of aryl methyl sites for hydroxylation is 2. The van der Waals surface area contributed by atoms with Crippen LogP contribution >= 0.6 is 11.6 Å². The second-order valence-electron chi connectivity index (χ2n) is 6.55. The third-order valence-electron chi connectivity index (χ3n) is 5.13. The van der Waals surface area contributed by atoms with Crippen LogP contribution < -0.4 is 0 Å². The van der Waals surface area contributed by atoms with E-state index in [1.807, 2.05) is 0 Å². The van der Waals surface area contributed by atoms with Crippen molar-refractivity contribution in [1.82, 2.24) is 0 Å². The molecule has 0 heterocycles. The van der Waals surface area contributed by atoms with Crippen LogP contribution in [-0.4, -0.2) is 0 Å². The first-order valence-corrected chi connectivity index (χ1v) is 8.57. The van der Waals surface area contributed by atoms with Gasteiger partial charge in [-0.3, -0.25) is 0 Å². The van der Waals surface area contributed by atoms with Crippen LogP contribution in [-0.2, 0) is 12.8 Å². The Kier molecular flexibility index (Phi) is 3.51. The van der Waals surface area contributed by atoms with Crippen molar-refractivity contribution in [3.63, 3.8) is 0 Å². The molecule has 0 radical (unpaired) electrons. The van der Waals surface area contributed by atoms with Crippen molar-refractivity contribution >= 4 is 11.6 Å². The Morgan fingerprint density at radius 2 is 1.67 bits per heavy atom. The van der Waals surface area contributed by atoms with Gasteiger partial charge in [0.2, 0.25) is 0 Å². The quantitative estimate of drug-likeness (QED) is 0.642. The van der Waals surface area contributed by atoms with E-state index in [0.717, 1.165) is 0 Å². The largest absolute Gasteiger partial charge is 0.117 e. The van der Waals surface area contributed by atoms with Crippen LogP contribution in [0.5, 0.6) is 0 Å². The average molecular weight is 297 g/mol. The van der Waals surface area contributed by atoms with Gasteiger partial charge in [0.25, 0.3) is 0 Å². The highest BCUT2D eigenvalue weighted by Crippen LogP contribution is 2.56. The predicted molar refractivity (Wildman–Crippen MR) is 89.0 cm³/mol. The van der Waals surface area contributed by atoms with Crippen LogP contribution in [0.15, 0.2) is 48.5 Å². The SMILES string of the molecule is ClC(c1ccc2c(c1)CCCC2)C1CC1c1ccccc1. The van der Waals surface area contributed by atoms with Crippen LogP contribution in [0.25, 0.3) is 0 Å². The minimum atomic E-state index is 0.169. The summed E-state index contributed by atoms with van der Waals surface area (Å²) in [5.41, 5.74) is 5.87. The molecule has 0 bridgehead atoms. The Morgan fingerprint density at radius 3 is 2.48 bits per heavy atom. The van der Waals surface area contributed by atoms with Gasteiger partial charge in [-0.1, -0.05) is 48.5 Å². The standard InChI is InChI=1S/C20H21Cl/c21-20(19-13-18(19)15-7-2-1-3-8-15)17-11-10-14-6-4-5-9-16(14)12-17/h1-3,7-8,10-12,18-20H,4-6,9,13H2. The molecule has 21 heavy (non-hydrogen) atoms. The molecule has 0 amide bonds. The molecular weight excluding hydrogens is 276 g/mol. The summed E-state index contributed by atoms with van der Waals surface area (Å²) < 4.78 is 0. The lowest BCUT2D eigenvalue weighted by Crippen LogP contribution is -2.04. The Labute approximate surface area is 132 Å². The molecule has 2 aliphatic carbocycles. The Bertz CT molecular complexity index is 632. The summed E-state index contributed by atoms with van der Waals surface area (Å²) in [7, 11) is 0. The van der Waals surface area contributed by atoms with Crippen LogP contribution in [0.1, 0.15) is 52.8 Å². The maximum Gasteiger partial charge on any atom is 0.0619 e. The zero-order chi connectivity index (χ0) is 14.2. The molecule has 108 valence electrons. The molecule has 0 nitrogen and oxygen atoms in total. The molecule has 2 aromatic carbocycles. The smallest absolute Gasteiger partial charge is 0.0619 e. The van der Waals surface area contributed by atoms with E-state index >= 15 is 0 Å². The fraction of sp³-hybridized carbons (Fsp3) is 0.400. The fourth-order valence-electron chi connectivity index (χ4n) is 3.79. The zero-order valence-electron chi connectivity index (χ0n) is 12.3. The minimum absolute atomic E-state index is 0.169. The van der Waals surface area contributed by atoms with E-state index in [-0.39, 0.29) is 5.38 Å².